The minimum Gasteiger partial charge on any atom is -1.00 e. The molecule has 0 amide bonds. The molecule has 0 aromatic rings. The molecule has 0 spiro atoms. The fraction of sp³-hybridized carbons (Fsp3) is 1.00. The second-order valence-corrected chi connectivity index (χ2v) is 17.6. The van der Waals surface area contributed by atoms with Crippen molar-refractivity contribution in [2.75, 3.05) is 122 Å². The molecule has 46 heavy (non-hydrogen) atoms. The summed E-state index contributed by atoms with van der Waals surface area (Å²) in [5.74, 6) is 0. The van der Waals surface area contributed by atoms with Gasteiger partial charge in [-0.1, -0.05) is 0 Å². The fourth-order valence-electron chi connectivity index (χ4n) is 3.95. The van der Waals surface area contributed by atoms with E-state index in [1.165, 1.54) is 0 Å². The van der Waals surface area contributed by atoms with Gasteiger partial charge in [-0.3, -0.25) is 10.2 Å². The molecule has 268 valence electrons. The number of methoxy groups -OCH3 is 6. The van der Waals surface area contributed by atoms with Crippen molar-refractivity contribution >= 4 is 22.5 Å². The van der Waals surface area contributed by atoms with Gasteiger partial charge < -0.3 is 53.2 Å². The predicted octanol–water partition coefficient (Wildman–Crippen LogP) is -10.3. The SMILES string of the molecule is COCCCNP1(NCCCOC)=NP(NCCCOC)(NCCCOC)=[NH+]P(NCCCOC)(NCCCOC)=N1.[Cl-].[Cl-].[Li+].[Li+]. The molecule has 0 aliphatic carbocycles. The van der Waals surface area contributed by atoms with Gasteiger partial charge in [0.25, 0.3) is 0 Å². The molecular weight excluding hydrogens is 688 g/mol. The zero-order valence-electron chi connectivity index (χ0n) is 29.7. The van der Waals surface area contributed by atoms with Crippen molar-refractivity contribution in [2.24, 2.45) is 9.03 Å². The normalized spacial score (nSPS) is 15.5. The number of nitrogens with one attached hydrogen (secondary N) is 7. The van der Waals surface area contributed by atoms with Crippen molar-refractivity contribution in [1.29, 1.82) is 0 Å². The van der Waals surface area contributed by atoms with E-state index in [-0.39, 0.29) is 62.5 Å². The third-order valence-corrected chi connectivity index (χ3v) is 16.6. The summed E-state index contributed by atoms with van der Waals surface area (Å²) < 4.78 is 47.1. The van der Waals surface area contributed by atoms with E-state index in [0.29, 0.717) is 52.7 Å². The van der Waals surface area contributed by atoms with Gasteiger partial charge in [0.05, 0.1) is 0 Å². The number of ether oxygens (including phenoxy) is 6. The molecule has 0 radical (unpaired) electrons. The van der Waals surface area contributed by atoms with E-state index in [1.54, 1.807) is 42.7 Å². The van der Waals surface area contributed by atoms with E-state index in [2.05, 4.69) is 35.0 Å². The van der Waals surface area contributed by atoms with Crippen LogP contribution in [-0.2, 0) is 28.4 Å². The molecule has 15 nitrogen and oxygen atoms in total. The van der Waals surface area contributed by atoms with Gasteiger partial charge in [-0.05, 0) is 38.5 Å². The molecule has 1 aliphatic heterocycles. The summed E-state index contributed by atoms with van der Waals surface area (Å²) in [5.41, 5.74) is 0. The Bertz CT molecular complexity index is 696. The minimum atomic E-state index is -2.64. The Morgan fingerprint density at radius 2 is 0.717 bits per heavy atom. The first-order chi connectivity index (χ1) is 20.5. The van der Waals surface area contributed by atoms with E-state index in [4.69, 9.17) is 37.5 Å². The number of hydrogen-bond donors (Lipinski definition) is 7. The van der Waals surface area contributed by atoms with Crippen LogP contribution in [0.15, 0.2) is 9.03 Å². The first kappa shape index (κ1) is 54.8. The van der Waals surface area contributed by atoms with Crippen LogP contribution in [-0.4, -0.2) is 122 Å². The number of rotatable bonds is 30. The van der Waals surface area contributed by atoms with Crippen molar-refractivity contribution < 1.29 is 95.5 Å². The van der Waals surface area contributed by atoms with Crippen LogP contribution in [0.1, 0.15) is 38.5 Å². The second kappa shape index (κ2) is 35.4. The Morgan fingerprint density at radius 1 is 0.435 bits per heavy atom. The topological polar surface area (TPSA) is 166 Å². The summed E-state index contributed by atoms with van der Waals surface area (Å²) in [5, 5.41) is 22.7. The molecule has 1 aliphatic rings. The molecule has 0 fully saturated rings. The molecule has 0 saturated heterocycles. The molecule has 1 rings (SSSR count). The maximum Gasteiger partial charge on any atom is 1.00 e. The van der Waals surface area contributed by atoms with Gasteiger partial charge in [0, 0.05) is 122 Å². The van der Waals surface area contributed by atoms with Crippen LogP contribution in [0.3, 0.4) is 0 Å². The molecule has 7 N–H and O–H groups in total. The first-order valence-corrected chi connectivity index (χ1v) is 20.1. The van der Waals surface area contributed by atoms with E-state index < -0.39 is 22.5 Å². The van der Waals surface area contributed by atoms with Gasteiger partial charge in [-0.15, -0.1) is 9.03 Å². The van der Waals surface area contributed by atoms with E-state index in [0.717, 1.165) is 64.7 Å². The smallest absolute Gasteiger partial charge is 1.00 e. The van der Waals surface area contributed by atoms with Gasteiger partial charge >= 0.3 is 52.7 Å². The third kappa shape index (κ3) is 24.2. The standard InChI is InChI=1S/C24H60N9O6P3.2ClH.2Li/c1-34-19-7-13-25-40(26-14-8-20-35-2)31-41(27-15-9-21-36-3,28-16-10-22-37-4)33-42(32-40,29-17-11-23-38-5)30-18-12-24-39-6;;;;/h25-28H,7-24H2,1-6H3,(H2,29,30,32);2*1H;;/q;;;2*+1/p-1. The van der Waals surface area contributed by atoms with Gasteiger partial charge in [-0.2, -0.15) is 4.52 Å². The number of nitrogens with zero attached hydrogens (tertiary/aromatic N) is 2. The van der Waals surface area contributed by atoms with Crippen LogP contribution < -0.4 is 97.6 Å². The number of hydrogen-bond acceptors (Lipinski definition) is 14. The summed E-state index contributed by atoms with van der Waals surface area (Å²) in [4.78, 5) is 0. The monoisotopic (exact) mass is 748 g/mol. The number of halogens is 2. The zero-order chi connectivity index (χ0) is 30.8. The first-order valence-electron chi connectivity index (χ1n) is 14.9. The van der Waals surface area contributed by atoms with Gasteiger partial charge in [0.15, 0.2) is 0 Å². The Hall–Kier alpha value is 1.98. The second-order valence-electron chi connectivity index (χ2n) is 9.68. The minimum absolute atomic E-state index is 0. The van der Waals surface area contributed by atoms with Crippen molar-refractivity contribution in [3.8, 4) is 0 Å². The summed E-state index contributed by atoms with van der Waals surface area (Å²) >= 11 is 0. The maximum atomic E-state index is 5.55. The van der Waals surface area contributed by atoms with Crippen molar-refractivity contribution in [3.63, 3.8) is 0 Å². The summed E-state index contributed by atoms with van der Waals surface area (Å²) in [6.45, 7) is 8.33. The molecule has 0 saturated carbocycles. The van der Waals surface area contributed by atoms with E-state index >= 15 is 0 Å². The Morgan fingerprint density at radius 3 is 1.02 bits per heavy atom. The maximum absolute atomic E-state index is 5.55. The average Bonchev–Trinajstić information content (AvgIpc) is 2.99. The molecule has 0 aromatic heterocycles. The van der Waals surface area contributed by atoms with Crippen molar-refractivity contribution in [2.45, 2.75) is 38.5 Å². The quantitative estimate of drug-likeness (QED) is 0.0211. The average molecular weight is 750 g/mol. The van der Waals surface area contributed by atoms with Gasteiger partial charge in [0.1, 0.15) is 0 Å². The van der Waals surface area contributed by atoms with Crippen LogP contribution >= 0.6 is 22.5 Å². The Kier molecular flexibility index (Phi) is 42.1. The molecule has 1 heterocycles. The largest absolute Gasteiger partial charge is 1.00 e. The van der Waals surface area contributed by atoms with E-state index in [1.807, 2.05) is 0 Å². The molecule has 0 bridgehead atoms. The van der Waals surface area contributed by atoms with Crippen LogP contribution in [0.4, 0.5) is 0 Å². The summed E-state index contributed by atoms with van der Waals surface area (Å²) in [6.07, 6.45) is 5.11. The van der Waals surface area contributed by atoms with Gasteiger partial charge in [0.2, 0.25) is 7.51 Å². The molecule has 22 heteroatoms. The van der Waals surface area contributed by atoms with Crippen molar-refractivity contribution in [3.05, 3.63) is 0 Å². The molecular formula is C24H61Cl2Li2N9O6P3+. The van der Waals surface area contributed by atoms with E-state index in [9.17, 15) is 0 Å². The van der Waals surface area contributed by atoms with Gasteiger partial charge in [-0.25, -0.2) is 20.3 Å². The van der Waals surface area contributed by atoms with Crippen LogP contribution in [0.25, 0.3) is 0 Å². The van der Waals surface area contributed by atoms with Crippen molar-refractivity contribution in [1.82, 2.24) is 30.5 Å². The zero-order valence-corrected chi connectivity index (χ0v) is 33.9. The third-order valence-electron chi connectivity index (χ3n) is 6.00. The molecule has 0 unspecified atom stereocenters. The summed E-state index contributed by atoms with van der Waals surface area (Å²) in [6, 6.07) is 0. The molecule has 0 atom stereocenters. The van der Waals surface area contributed by atoms with Crippen LogP contribution in [0, 0.1) is 0 Å². The molecule has 0 aromatic carbocycles. The predicted molar refractivity (Wildman–Crippen MR) is 174 cm³/mol. The van der Waals surface area contributed by atoms with Crippen LogP contribution in [0.2, 0.25) is 0 Å². The van der Waals surface area contributed by atoms with Crippen LogP contribution in [0.5, 0.6) is 0 Å². The Labute approximate surface area is 315 Å². The Balaban J connectivity index is -0.00000220. The summed E-state index contributed by atoms with van der Waals surface area (Å²) in [7, 11) is 2.64. The fourth-order valence-corrected chi connectivity index (χ4v) is 16.6.